The summed E-state index contributed by atoms with van der Waals surface area (Å²) in [5, 5.41) is 9.02. The summed E-state index contributed by atoms with van der Waals surface area (Å²) in [6, 6.07) is 10.3. The van der Waals surface area contributed by atoms with Gasteiger partial charge in [-0.05, 0) is 24.3 Å². The van der Waals surface area contributed by atoms with Gasteiger partial charge >= 0.3 is 0 Å². The van der Waals surface area contributed by atoms with Crippen molar-refractivity contribution in [3.05, 3.63) is 63.6 Å². The van der Waals surface area contributed by atoms with Crippen LogP contribution in [-0.4, -0.2) is 13.0 Å². The summed E-state index contributed by atoms with van der Waals surface area (Å²) >= 11 is 2.95. The first-order valence-electron chi connectivity index (χ1n) is 5.87. The van der Waals surface area contributed by atoms with Gasteiger partial charge in [-0.3, -0.25) is 4.79 Å². The molecule has 2 aromatic rings. The van der Waals surface area contributed by atoms with E-state index >= 15 is 0 Å². The van der Waals surface area contributed by atoms with E-state index in [1.54, 1.807) is 12.1 Å². The number of halogens is 3. The van der Waals surface area contributed by atoms with Crippen LogP contribution < -0.4 is 4.90 Å². The lowest BCUT2D eigenvalue weighted by Crippen LogP contribution is -2.28. The van der Waals surface area contributed by atoms with Crippen molar-refractivity contribution in [1.82, 2.24) is 0 Å². The zero-order valence-corrected chi connectivity index (χ0v) is 12.5. The minimum Gasteiger partial charge on any atom is -0.310 e. The fraction of sp³-hybridized carbons (Fsp3) is 0.0667. The third-order valence-electron chi connectivity index (χ3n) is 2.91. The van der Waals surface area contributed by atoms with Crippen LogP contribution >= 0.6 is 15.9 Å². The number of hydrogen-bond donors (Lipinski definition) is 0. The Morgan fingerprint density at radius 1 is 1.24 bits per heavy atom. The van der Waals surface area contributed by atoms with Crippen molar-refractivity contribution in [2.75, 3.05) is 11.9 Å². The third kappa shape index (κ3) is 2.93. The lowest BCUT2D eigenvalue weighted by atomic mass is 10.1. The van der Waals surface area contributed by atoms with E-state index in [1.807, 2.05) is 6.07 Å². The van der Waals surface area contributed by atoms with Crippen LogP contribution in [0.25, 0.3) is 0 Å². The highest BCUT2D eigenvalue weighted by atomic mass is 79.9. The zero-order valence-electron chi connectivity index (χ0n) is 10.9. The van der Waals surface area contributed by atoms with Gasteiger partial charge in [0.15, 0.2) is 0 Å². The molecule has 0 fully saturated rings. The molecule has 2 rings (SSSR count). The topological polar surface area (TPSA) is 44.1 Å². The maximum atomic E-state index is 13.8. The molecule has 2 aromatic carbocycles. The summed E-state index contributed by atoms with van der Waals surface area (Å²) in [5.74, 6) is -2.79. The molecular formula is C15H9BrF2N2O. The SMILES string of the molecule is CN(C(=O)c1c(F)cc(Br)cc1F)c1ccccc1C#N. The molecule has 0 spiro atoms. The van der Waals surface area contributed by atoms with Crippen LogP contribution in [0, 0.1) is 23.0 Å². The average Bonchev–Trinajstić information content (AvgIpc) is 2.45. The molecule has 0 unspecified atom stereocenters. The molecule has 0 atom stereocenters. The minimum absolute atomic E-state index is 0.203. The number of anilines is 1. The van der Waals surface area contributed by atoms with E-state index < -0.39 is 23.1 Å². The van der Waals surface area contributed by atoms with Crippen LogP contribution in [0.1, 0.15) is 15.9 Å². The maximum absolute atomic E-state index is 13.8. The Hall–Kier alpha value is -2.26. The molecule has 0 radical (unpaired) electrons. The monoisotopic (exact) mass is 350 g/mol. The Bertz CT molecular complexity index is 733. The lowest BCUT2D eigenvalue weighted by molar-refractivity contribution is 0.0985. The van der Waals surface area contributed by atoms with Gasteiger partial charge in [0.05, 0.1) is 11.3 Å². The smallest absolute Gasteiger partial charge is 0.264 e. The number of nitriles is 1. The Morgan fingerprint density at radius 3 is 2.38 bits per heavy atom. The van der Waals surface area contributed by atoms with Crippen LogP contribution in [-0.2, 0) is 0 Å². The number of amides is 1. The zero-order chi connectivity index (χ0) is 15.6. The second-order valence-electron chi connectivity index (χ2n) is 4.24. The number of carbonyl (C=O) groups is 1. The largest absolute Gasteiger partial charge is 0.310 e. The van der Waals surface area contributed by atoms with Crippen molar-refractivity contribution in [3.63, 3.8) is 0 Å². The number of nitrogens with zero attached hydrogens (tertiary/aromatic N) is 2. The normalized spacial score (nSPS) is 10.0. The van der Waals surface area contributed by atoms with Gasteiger partial charge in [-0.25, -0.2) is 8.78 Å². The highest BCUT2D eigenvalue weighted by Gasteiger charge is 2.23. The van der Waals surface area contributed by atoms with Crippen LogP contribution in [0.15, 0.2) is 40.9 Å². The number of hydrogen-bond acceptors (Lipinski definition) is 2. The molecule has 0 N–H and O–H groups in total. The first kappa shape index (κ1) is 15.1. The van der Waals surface area contributed by atoms with Gasteiger partial charge in [0, 0.05) is 11.5 Å². The van der Waals surface area contributed by atoms with Gasteiger partial charge in [-0.15, -0.1) is 0 Å². The summed E-state index contributed by atoms with van der Waals surface area (Å²) in [5.41, 5.74) is -0.133. The molecule has 0 bridgehead atoms. The van der Waals surface area contributed by atoms with E-state index in [0.29, 0.717) is 0 Å². The molecule has 0 aliphatic carbocycles. The van der Waals surface area contributed by atoms with Gasteiger partial charge in [-0.1, -0.05) is 28.1 Å². The van der Waals surface area contributed by atoms with E-state index in [9.17, 15) is 13.6 Å². The summed E-state index contributed by atoms with van der Waals surface area (Å²) < 4.78 is 27.9. The van der Waals surface area contributed by atoms with Gasteiger partial charge in [0.25, 0.3) is 5.91 Å². The van der Waals surface area contributed by atoms with Crippen molar-refractivity contribution in [1.29, 1.82) is 5.26 Å². The first-order valence-corrected chi connectivity index (χ1v) is 6.66. The minimum atomic E-state index is -0.965. The Morgan fingerprint density at radius 2 is 1.81 bits per heavy atom. The summed E-state index contributed by atoms with van der Waals surface area (Å²) in [6.45, 7) is 0. The Balaban J connectivity index is 2.48. The fourth-order valence-corrected chi connectivity index (χ4v) is 2.29. The molecule has 0 saturated heterocycles. The van der Waals surface area contributed by atoms with E-state index in [1.165, 1.54) is 19.2 Å². The van der Waals surface area contributed by atoms with Crippen LogP contribution in [0.2, 0.25) is 0 Å². The molecule has 1 amide bonds. The highest BCUT2D eigenvalue weighted by Crippen LogP contribution is 2.24. The molecule has 6 heteroatoms. The van der Waals surface area contributed by atoms with E-state index in [2.05, 4.69) is 15.9 Å². The standard InChI is InChI=1S/C15H9BrF2N2O/c1-20(13-5-3-2-4-9(13)8-19)15(21)14-11(17)6-10(16)7-12(14)18/h2-7H,1H3. The van der Waals surface area contributed by atoms with Crippen molar-refractivity contribution < 1.29 is 13.6 Å². The third-order valence-corrected chi connectivity index (χ3v) is 3.37. The Labute approximate surface area is 128 Å². The molecule has 0 heterocycles. The second kappa shape index (κ2) is 6.02. The molecule has 0 aliphatic heterocycles. The number of carbonyl (C=O) groups excluding carboxylic acids is 1. The van der Waals surface area contributed by atoms with E-state index in [-0.39, 0.29) is 15.7 Å². The lowest BCUT2D eigenvalue weighted by Gasteiger charge is -2.19. The molecule has 0 aromatic heterocycles. The van der Waals surface area contributed by atoms with Gasteiger partial charge < -0.3 is 4.90 Å². The van der Waals surface area contributed by atoms with Crippen molar-refractivity contribution in [2.45, 2.75) is 0 Å². The quantitative estimate of drug-likeness (QED) is 0.824. The molecule has 21 heavy (non-hydrogen) atoms. The van der Waals surface area contributed by atoms with E-state index in [4.69, 9.17) is 5.26 Å². The molecule has 0 aliphatic rings. The predicted molar refractivity (Wildman–Crippen MR) is 77.9 cm³/mol. The van der Waals surface area contributed by atoms with Crippen LogP contribution in [0.4, 0.5) is 14.5 Å². The summed E-state index contributed by atoms with van der Waals surface area (Å²) in [6.07, 6.45) is 0. The van der Waals surface area contributed by atoms with Crippen molar-refractivity contribution in [2.24, 2.45) is 0 Å². The molecular weight excluding hydrogens is 342 g/mol. The van der Waals surface area contributed by atoms with Gasteiger partial charge in [0.2, 0.25) is 0 Å². The van der Waals surface area contributed by atoms with Crippen LogP contribution in [0.3, 0.4) is 0 Å². The van der Waals surface area contributed by atoms with Gasteiger partial charge in [-0.2, -0.15) is 5.26 Å². The molecule has 0 saturated carbocycles. The molecule has 106 valence electrons. The summed E-state index contributed by atoms with van der Waals surface area (Å²) in [7, 11) is 1.36. The average molecular weight is 351 g/mol. The fourth-order valence-electron chi connectivity index (χ4n) is 1.88. The van der Waals surface area contributed by atoms with Gasteiger partial charge in [0.1, 0.15) is 23.3 Å². The molecule has 3 nitrogen and oxygen atoms in total. The second-order valence-corrected chi connectivity index (χ2v) is 5.15. The Kier molecular flexibility index (Phi) is 4.34. The highest BCUT2D eigenvalue weighted by molar-refractivity contribution is 9.10. The van der Waals surface area contributed by atoms with Crippen molar-refractivity contribution in [3.8, 4) is 6.07 Å². The number of rotatable bonds is 2. The predicted octanol–water partition coefficient (Wildman–Crippen LogP) is 3.88. The summed E-state index contributed by atoms with van der Waals surface area (Å²) in [4.78, 5) is 13.3. The number of para-hydroxylation sites is 1. The van der Waals surface area contributed by atoms with Crippen LogP contribution in [0.5, 0.6) is 0 Å². The first-order chi connectivity index (χ1) is 9.95. The van der Waals surface area contributed by atoms with Crippen molar-refractivity contribution >= 4 is 27.5 Å². The van der Waals surface area contributed by atoms with E-state index in [0.717, 1.165) is 17.0 Å². The maximum Gasteiger partial charge on any atom is 0.264 e. The number of benzene rings is 2.